The van der Waals surface area contributed by atoms with Gasteiger partial charge >= 0.3 is 0 Å². The third-order valence-electron chi connectivity index (χ3n) is 4.21. The normalized spacial score (nSPS) is 24.2. The first kappa shape index (κ1) is 17.0. The average Bonchev–Trinajstić information content (AvgIpc) is 2.41. The van der Waals surface area contributed by atoms with E-state index in [1.54, 1.807) is 0 Å². The molecule has 1 aliphatic rings. The first-order valence-electron chi connectivity index (χ1n) is 6.90. The number of sulfonamides is 1. The van der Waals surface area contributed by atoms with Crippen LogP contribution in [0.1, 0.15) is 32.3 Å². The molecule has 0 saturated carbocycles. The predicted molar refractivity (Wildman–Crippen MR) is 84.1 cm³/mol. The van der Waals surface area contributed by atoms with Gasteiger partial charge in [-0.1, -0.05) is 30.1 Å². The molecule has 2 rings (SSSR count). The molecule has 0 spiro atoms. The van der Waals surface area contributed by atoms with Crippen molar-refractivity contribution < 1.29 is 13.5 Å². The molecule has 2 atom stereocenters. The van der Waals surface area contributed by atoms with Crippen LogP contribution in [0.3, 0.4) is 0 Å². The number of rotatable bonds is 3. The van der Waals surface area contributed by atoms with Crippen LogP contribution >= 0.6 is 23.2 Å². The number of hydrogen-bond acceptors (Lipinski definition) is 3. The van der Waals surface area contributed by atoms with Crippen LogP contribution in [0.4, 0.5) is 0 Å². The fourth-order valence-electron chi connectivity index (χ4n) is 2.68. The summed E-state index contributed by atoms with van der Waals surface area (Å²) in [6.45, 7) is 4.06. The zero-order chi connectivity index (χ0) is 15.8. The van der Waals surface area contributed by atoms with E-state index in [2.05, 4.69) is 6.92 Å². The van der Waals surface area contributed by atoms with Crippen molar-refractivity contribution in [3.8, 4) is 0 Å². The molecule has 1 aromatic rings. The summed E-state index contributed by atoms with van der Waals surface area (Å²) in [5.41, 5.74) is 0.247. The van der Waals surface area contributed by atoms with Crippen LogP contribution in [0.2, 0.25) is 10.0 Å². The van der Waals surface area contributed by atoms with Crippen LogP contribution in [-0.4, -0.2) is 30.4 Å². The summed E-state index contributed by atoms with van der Waals surface area (Å²) in [6, 6.07) is 2.79. The van der Waals surface area contributed by atoms with Crippen molar-refractivity contribution in [3.05, 3.63) is 27.7 Å². The van der Waals surface area contributed by atoms with Crippen molar-refractivity contribution in [2.24, 2.45) is 5.92 Å². The zero-order valence-electron chi connectivity index (χ0n) is 12.0. The van der Waals surface area contributed by atoms with E-state index in [-0.39, 0.29) is 26.5 Å². The largest absolute Gasteiger partial charge is 0.392 e. The lowest BCUT2D eigenvalue weighted by molar-refractivity contribution is 0.202. The van der Waals surface area contributed by atoms with E-state index in [0.717, 1.165) is 12.8 Å². The van der Waals surface area contributed by atoms with E-state index < -0.39 is 16.6 Å². The second-order valence-corrected chi connectivity index (χ2v) is 8.12. The van der Waals surface area contributed by atoms with E-state index in [4.69, 9.17) is 23.2 Å². The van der Waals surface area contributed by atoms with Crippen molar-refractivity contribution in [1.82, 2.24) is 4.31 Å². The summed E-state index contributed by atoms with van der Waals surface area (Å²) in [7, 11) is -3.69. The Labute approximate surface area is 135 Å². The second-order valence-electron chi connectivity index (χ2n) is 5.47. The fraction of sp³-hybridized carbons (Fsp3) is 0.571. The lowest BCUT2D eigenvalue weighted by Crippen LogP contribution is -2.45. The Morgan fingerprint density at radius 3 is 2.62 bits per heavy atom. The molecule has 21 heavy (non-hydrogen) atoms. The maximum Gasteiger partial charge on any atom is 0.244 e. The molecule has 1 aromatic carbocycles. The van der Waals surface area contributed by atoms with Gasteiger partial charge in [0.1, 0.15) is 4.90 Å². The maximum atomic E-state index is 12.9. The van der Waals surface area contributed by atoms with Gasteiger partial charge < -0.3 is 5.11 Å². The Balaban J connectivity index is 2.49. The molecule has 1 aliphatic heterocycles. The summed E-state index contributed by atoms with van der Waals surface area (Å²) in [5, 5.41) is 9.59. The molecular weight excluding hydrogens is 333 g/mol. The first-order chi connectivity index (χ1) is 9.80. The minimum absolute atomic E-state index is 0.00965. The molecule has 1 fully saturated rings. The number of aliphatic hydroxyl groups excluding tert-OH is 1. The molecule has 0 aromatic heterocycles. The van der Waals surface area contributed by atoms with Gasteiger partial charge in [-0.3, -0.25) is 0 Å². The van der Waals surface area contributed by atoms with E-state index in [1.165, 1.54) is 16.4 Å². The predicted octanol–water partition coefficient (Wildman–Crippen LogP) is 3.29. The highest BCUT2D eigenvalue weighted by atomic mass is 35.5. The Morgan fingerprint density at radius 2 is 2.00 bits per heavy atom. The van der Waals surface area contributed by atoms with Gasteiger partial charge in [-0.2, -0.15) is 4.31 Å². The van der Waals surface area contributed by atoms with Crippen LogP contribution in [0.25, 0.3) is 0 Å². The fourth-order valence-corrected chi connectivity index (χ4v) is 5.32. The molecule has 0 radical (unpaired) electrons. The molecule has 1 saturated heterocycles. The monoisotopic (exact) mass is 351 g/mol. The van der Waals surface area contributed by atoms with E-state index in [9.17, 15) is 13.5 Å². The maximum absolute atomic E-state index is 12.9. The van der Waals surface area contributed by atoms with Crippen molar-refractivity contribution in [2.45, 2.75) is 44.2 Å². The van der Waals surface area contributed by atoms with Crippen LogP contribution in [0.15, 0.2) is 17.0 Å². The lowest BCUT2D eigenvalue weighted by Gasteiger charge is -2.37. The van der Waals surface area contributed by atoms with Crippen molar-refractivity contribution >= 4 is 33.2 Å². The number of hydrogen-bond donors (Lipinski definition) is 1. The standard InChI is InChI=1S/C14H19Cl2NO3S/c1-9-4-3-7-17(10(9)2)21(19,20)13-6-5-12(15)11(8-18)14(13)16/h5-6,9-10,18H,3-4,7-8H2,1-2H3. The minimum Gasteiger partial charge on any atom is -0.392 e. The molecule has 2 unspecified atom stereocenters. The van der Waals surface area contributed by atoms with Gasteiger partial charge in [0.2, 0.25) is 10.0 Å². The topological polar surface area (TPSA) is 57.6 Å². The number of benzene rings is 1. The van der Waals surface area contributed by atoms with Crippen molar-refractivity contribution in [3.63, 3.8) is 0 Å². The summed E-state index contributed by atoms with van der Waals surface area (Å²) in [6.07, 6.45) is 1.85. The smallest absolute Gasteiger partial charge is 0.244 e. The minimum atomic E-state index is -3.69. The van der Waals surface area contributed by atoms with Gasteiger partial charge in [-0.05, 0) is 37.8 Å². The van der Waals surface area contributed by atoms with Crippen LogP contribution in [-0.2, 0) is 16.6 Å². The lowest BCUT2D eigenvalue weighted by atomic mass is 9.94. The van der Waals surface area contributed by atoms with Crippen LogP contribution < -0.4 is 0 Å². The van der Waals surface area contributed by atoms with Crippen LogP contribution in [0, 0.1) is 5.92 Å². The SMILES string of the molecule is CC1CCCN(S(=O)(=O)c2ccc(Cl)c(CO)c2Cl)C1C. The van der Waals surface area contributed by atoms with Gasteiger partial charge in [0, 0.05) is 23.2 Å². The Morgan fingerprint density at radius 1 is 1.33 bits per heavy atom. The van der Waals surface area contributed by atoms with Crippen molar-refractivity contribution in [2.75, 3.05) is 6.54 Å². The molecule has 0 bridgehead atoms. The molecule has 7 heteroatoms. The molecular formula is C14H19Cl2NO3S. The van der Waals surface area contributed by atoms with Gasteiger partial charge in [-0.25, -0.2) is 8.42 Å². The number of piperidine rings is 1. The second kappa shape index (κ2) is 6.42. The number of aliphatic hydroxyl groups is 1. The van der Waals surface area contributed by atoms with Gasteiger partial charge in [0.25, 0.3) is 0 Å². The van der Waals surface area contributed by atoms with Crippen molar-refractivity contribution in [1.29, 1.82) is 0 Å². The first-order valence-corrected chi connectivity index (χ1v) is 9.10. The summed E-state index contributed by atoms with van der Waals surface area (Å²) >= 11 is 12.1. The van der Waals surface area contributed by atoms with E-state index in [1.807, 2.05) is 6.92 Å². The highest BCUT2D eigenvalue weighted by Crippen LogP contribution is 2.35. The Hall–Kier alpha value is -0.330. The van der Waals surface area contributed by atoms with E-state index in [0.29, 0.717) is 12.5 Å². The van der Waals surface area contributed by atoms with Crippen LogP contribution in [0.5, 0.6) is 0 Å². The third-order valence-corrected chi connectivity index (χ3v) is 7.14. The summed E-state index contributed by atoms with van der Waals surface area (Å²) < 4.78 is 27.2. The number of halogens is 2. The van der Waals surface area contributed by atoms with E-state index >= 15 is 0 Å². The molecule has 0 aliphatic carbocycles. The number of nitrogens with zero attached hydrogens (tertiary/aromatic N) is 1. The zero-order valence-corrected chi connectivity index (χ0v) is 14.3. The summed E-state index contributed by atoms with van der Waals surface area (Å²) in [5.74, 6) is 0.303. The molecule has 1 N–H and O–H groups in total. The molecule has 118 valence electrons. The Kier molecular flexibility index (Phi) is 5.21. The quantitative estimate of drug-likeness (QED) is 0.908. The molecule has 0 amide bonds. The molecule has 4 nitrogen and oxygen atoms in total. The highest BCUT2D eigenvalue weighted by molar-refractivity contribution is 7.89. The van der Waals surface area contributed by atoms with Gasteiger partial charge in [0.15, 0.2) is 0 Å². The van der Waals surface area contributed by atoms with Gasteiger partial charge in [-0.15, -0.1) is 0 Å². The Bertz CT molecular complexity index is 633. The molecule has 1 heterocycles. The highest BCUT2D eigenvalue weighted by Gasteiger charge is 2.36. The summed E-state index contributed by atoms with van der Waals surface area (Å²) in [4.78, 5) is 0.0126. The third kappa shape index (κ3) is 3.08. The van der Waals surface area contributed by atoms with Gasteiger partial charge in [0.05, 0.1) is 11.6 Å². The average molecular weight is 352 g/mol.